The summed E-state index contributed by atoms with van der Waals surface area (Å²) >= 11 is 0. The number of rotatable bonds is 2. The van der Waals surface area contributed by atoms with E-state index < -0.39 is 0 Å². The molecule has 15 heavy (non-hydrogen) atoms. The third kappa shape index (κ3) is 2.01. The van der Waals surface area contributed by atoms with E-state index in [1.165, 1.54) is 19.3 Å². The van der Waals surface area contributed by atoms with Crippen LogP contribution >= 0.6 is 0 Å². The van der Waals surface area contributed by atoms with Gasteiger partial charge in [-0.2, -0.15) is 0 Å². The van der Waals surface area contributed by atoms with E-state index in [1.54, 1.807) is 6.20 Å². The van der Waals surface area contributed by atoms with Gasteiger partial charge < -0.3 is 4.90 Å². The van der Waals surface area contributed by atoms with Gasteiger partial charge in [0, 0.05) is 18.8 Å². The first-order valence-electron chi connectivity index (χ1n) is 5.50. The van der Waals surface area contributed by atoms with Crippen molar-refractivity contribution in [3.63, 3.8) is 0 Å². The number of piperidine rings is 1. The third-order valence-corrected chi connectivity index (χ3v) is 3.02. The third-order valence-electron chi connectivity index (χ3n) is 3.02. The molecule has 80 valence electrons. The molecular formula is C12H16N2O. The van der Waals surface area contributed by atoms with E-state index in [0.29, 0.717) is 11.6 Å². The predicted octanol–water partition coefficient (Wildman–Crippen LogP) is 2.27. The van der Waals surface area contributed by atoms with E-state index in [1.807, 2.05) is 12.1 Å². The van der Waals surface area contributed by atoms with Crippen molar-refractivity contribution in [2.24, 2.45) is 0 Å². The van der Waals surface area contributed by atoms with Crippen LogP contribution in [0.3, 0.4) is 0 Å². The minimum atomic E-state index is 0.493. The Kier molecular flexibility index (Phi) is 2.99. The lowest BCUT2D eigenvalue weighted by molar-refractivity contribution is 0.112. The van der Waals surface area contributed by atoms with E-state index in [-0.39, 0.29) is 0 Å². The molecule has 0 radical (unpaired) electrons. The molecule has 0 unspecified atom stereocenters. The molecule has 0 saturated carbocycles. The van der Waals surface area contributed by atoms with Gasteiger partial charge in [0.2, 0.25) is 0 Å². The van der Waals surface area contributed by atoms with Crippen molar-refractivity contribution in [3.8, 4) is 0 Å². The van der Waals surface area contributed by atoms with Crippen LogP contribution in [0.4, 0.5) is 5.82 Å². The van der Waals surface area contributed by atoms with Crippen LogP contribution in [0.25, 0.3) is 0 Å². The summed E-state index contributed by atoms with van der Waals surface area (Å²) in [5.41, 5.74) is 0.700. The molecule has 1 atom stereocenters. The van der Waals surface area contributed by atoms with Crippen LogP contribution in [0.15, 0.2) is 18.3 Å². The molecule has 3 heteroatoms. The zero-order valence-corrected chi connectivity index (χ0v) is 9.02. The smallest absolute Gasteiger partial charge is 0.153 e. The van der Waals surface area contributed by atoms with Crippen LogP contribution in [-0.2, 0) is 0 Å². The number of aldehydes is 1. The quantitative estimate of drug-likeness (QED) is 0.693. The highest BCUT2D eigenvalue weighted by Gasteiger charge is 2.21. The zero-order chi connectivity index (χ0) is 10.7. The lowest BCUT2D eigenvalue weighted by Crippen LogP contribution is -2.38. The Morgan fingerprint density at radius 3 is 3.13 bits per heavy atom. The van der Waals surface area contributed by atoms with Crippen molar-refractivity contribution >= 4 is 12.1 Å². The van der Waals surface area contributed by atoms with E-state index >= 15 is 0 Å². The number of hydrogen-bond donors (Lipinski definition) is 0. The molecule has 1 aromatic rings. The Bertz CT molecular complexity index is 351. The average Bonchev–Trinajstić information content (AvgIpc) is 2.30. The molecule has 0 aliphatic carbocycles. The highest BCUT2D eigenvalue weighted by molar-refractivity contribution is 5.82. The molecule has 1 fully saturated rings. The van der Waals surface area contributed by atoms with Crippen LogP contribution in [0, 0.1) is 0 Å². The van der Waals surface area contributed by atoms with Crippen molar-refractivity contribution in [2.45, 2.75) is 32.2 Å². The molecule has 0 bridgehead atoms. The van der Waals surface area contributed by atoms with Gasteiger partial charge in [-0.05, 0) is 38.3 Å². The number of carbonyl (C=O) groups excluding carboxylic acids is 1. The van der Waals surface area contributed by atoms with Crippen molar-refractivity contribution in [2.75, 3.05) is 11.4 Å². The van der Waals surface area contributed by atoms with Gasteiger partial charge in [-0.15, -0.1) is 0 Å². The van der Waals surface area contributed by atoms with Gasteiger partial charge in [0.15, 0.2) is 6.29 Å². The maximum absolute atomic E-state index is 10.9. The molecular weight excluding hydrogens is 188 g/mol. The average molecular weight is 204 g/mol. The summed E-state index contributed by atoms with van der Waals surface area (Å²) in [4.78, 5) is 17.5. The van der Waals surface area contributed by atoms with Crippen molar-refractivity contribution in [1.82, 2.24) is 4.98 Å². The molecule has 1 saturated heterocycles. The molecule has 0 aromatic carbocycles. The van der Waals surface area contributed by atoms with Crippen LogP contribution < -0.4 is 4.90 Å². The van der Waals surface area contributed by atoms with Crippen molar-refractivity contribution in [1.29, 1.82) is 0 Å². The van der Waals surface area contributed by atoms with Gasteiger partial charge in [0.1, 0.15) is 5.82 Å². The summed E-state index contributed by atoms with van der Waals surface area (Å²) in [7, 11) is 0. The van der Waals surface area contributed by atoms with Gasteiger partial charge in [0.05, 0.1) is 5.56 Å². The lowest BCUT2D eigenvalue weighted by Gasteiger charge is -2.34. The summed E-state index contributed by atoms with van der Waals surface area (Å²) in [6.07, 6.45) is 6.31. The zero-order valence-electron chi connectivity index (χ0n) is 9.02. The summed E-state index contributed by atoms with van der Waals surface area (Å²) in [6.45, 7) is 3.21. The minimum Gasteiger partial charge on any atom is -0.353 e. The fourth-order valence-corrected chi connectivity index (χ4v) is 2.15. The maximum atomic E-state index is 10.9. The molecule has 1 aromatic heterocycles. The molecule has 3 nitrogen and oxygen atoms in total. The topological polar surface area (TPSA) is 33.2 Å². The number of anilines is 1. The largest absolute Gasteiger partial charge is 0.353 e. The second-order valence-electron chi connectivity index (χ2n) is 4.07. The summed E-state index contributed by atoms with van der Waals surface area (Å²) in [5, 5.41) is 0. The second kappa shape index (κ2) is 4.43. The Hall–Kier alpha value is -1.38. The first-order valence-corrected chi connectivity index (χ1v) is 5.50. The number of carbonyl (C=O) groups is 1. The van der Waals surface area contributed by atoms with Gasteiger partial charge >= 0.3 is 0 Å². The monoisotopic (exact) mass is 204 g/mol. The van der Waals surface area contributed by atoms with Crippen LogP contribution in [0.1, 0.15) is 36.5 Å². The van der Waals surface area contributed by atoms with Crippen molar-refractivity contribution < 1.29 is 4.79 Å². The first-order chi connectivity index (χ1) is 7.33. The SMILES string of the molecule is C[C@@H]1CCCCN1c1ncccc1C=O. The highest BCUT2D eigenvalue weighted by Crippen LogP contribution is 2.24. The van der Waals surface area contributed by atoms with Crippen LogP contribution in [-0.4, -0.2) is 23.9 Å². The van der Waals surface area contributed by atoms with Gasteiger partial charge in [-0.3, -0.25) is 4.79 Å². The normalized spacial score (nSPS) is 21.4. The first kappa shape index (κ1) is 10.1. The standard InChI is InChI=1S/C12H16N2O/c1-10-5-2-3-8-14(10)12-11(9-15)6-4-7-13-12/h4,6-7,9-10H,2-3,5,8H2,1H3/t10-/m1/s1. The van der Waals surface area contributed by atoms with E-state index in [4.69, 9.17) is 0 Å². The highest BCUT2D eigenvalue weighted by atomic mass is 16.1. The number of pyridine rings is 1. The Balaban J connectivity index is 2.30. The number of aromatic nitrogens is 1. The Morgan fingerprint density at radius 1 is 1.53 bits per heavy atom. The van der Waals surface area contributed by atoms with Gasteiger partial charge in [0.25, 0.3) is 0 Å². The number of nitrogens with zero attached hydrogens (tertiary/aromatic N) is 2. The molecule has 2 rings (SSSR count). The summed E-state index contributed by atoms with van der Waals surface area (Å²) in [5.74, 6) is 0.847. The van der Waals surface area contributed by atoms with E-state index in [2.05, 4.69) is 16.8 Å². The molecule has 2 heterocycles. The second-order valence-corrected chi connectivity index (χ2v) is 4.07. The molecule has 1 aliphatic rings. The predicted molar refractivity (Wildman–Crippen MR) is 60.3 cm³/mol. The van der Waals surface area contributed by atoms with Gasteiger partial charge in [-0.25, -0.2) is 4.98 Å². The summed E-state index contributed by atoms with van der Waals surface area (Å²) < 4.78 is 0. The Morgan fingerprint density at radius 2 is 2.40 bits per heavy atom. The lowest BCUT2D eigenvalue weighted by atomic mass is 10.0. The summed E-state index contributed by atoms with van der Waals surface area (Å²) in [6, 6.07) is 4.13. The molecule has 0 amide bonds. The molecule has 1 aliphatic heterocycles. The van der Waals surface area contributed by atoms with E-state index in [9.17, 15) is 4.79 Å². The van der Waals surface area contributed by atoms with Crippen molar-refractivity contribution in [3.05, 3.63) is 23.9 Å². The van der Waals surface area contributed by atoms with Gasteiger partial charge in [-0.1, -0.05) is 0 Å². The molecule has 0 spiro atoms. The minimum absolute atomic E-state index is 0.493. The fraction of sp³-hybridized carbons (Fsp3) is 0.500. The fourth-order valence-electron chi connectivity index (χ4n) is 2.15. The van der Waals surface area contributed by atoms with E-state index in [0.717, 1.165) is 18.6 Å². The number of hydrogen-bond acceptors (Lipinski definition) is 3. The van der Waals surface area contributed by atoms with Crippen LogP contribution in [0.5, 0.6) is 0 Å². The maximum Gasteiger partial charge on any atom is 0.153 e. The van der Waals surface area contributed by atoms with Crippen LogP contribution in [0.2, 0.25) is 0 Å². The molecule has 0 N–H and O–H groups in total. The Labute approximate surface area is 90.1 Å².